The molecule has 0 heterocycles. The van der Waals surface area contributed by atoms with Crippen LogP contribution in [0.2, 0.25) is 0 Å². The number of rotatable bonds is 9. The molecule has 2 aromatic rings. The van der Waals surface area contributed by atoms with Crippen molar-refractivity contribution in [3.63, 3.8) is 0 Å². The summed E-state index contributed by atoms with van der Waals surface area (Å²) in [4.78, 5) is 12.6. The van der Waals surface area contributed by atoms with Crippen molar-refractivity contribution in [2.75, 3.05) is 14.2 Å². The van der Waals surface area contributed by atoms with E-state index in [0.29, 0.717) is 22.6 Å². The number of hydrogen-bond donors (Lipinski definition) is 2. The van der Waals surface area contributed by atoms with Gasteiger partial charge in [-0.1, -0.05) is 24.3 Å². The fraction of sp³-hybridized carbons (Fsp3) is 0.350. The average Bonchev–Trinajstić information content (AvgIpc) is 2.65. The smallest absolute Gasteiger partial charge is 0.255 e. The van der Waals surface area contributed by atoms with Crippen LogP contribution >= 0.6 is 0 Å². The number of sulfonamides is 1. The van der Waals surface area contributed by atoms with E-state index in [1.54, 1.807) is 56.3 Å². The molecule has 7 nitrogen and oxygen atoms in total. The Labute approximate surface area is 166 Å². The van der Waals surface area contributed by atoms with E-state index in [-0.39, 0.29) is 24.2 Å². The van der Waals surface area contributed by atoms with Crippen molar-refractivity contribution in [2.45, 2.75) is 32.2 Å². The third-order valence-corrected chi connectivity index (χ3v) is 5.49. The first kappa shape index (κ1) is 21.7. The number of methoxy groups -OCH3 is 2. The molecule has 8 heteroatoms. The number of amides is 1. The lowest BCUT2D eigenvalue weighted by Gasteiger charge is -2.14. The maximum Gasteiger partial charge on any atom is 0.255 e. The fourth-order valence-corrected chi connectivity index (χ4v) is 4.23. The summed E-state index contributed by atoms with van der Waals surface area (Å²) in [7, 11) is -0.460. The predicted molar refractivity (Wildman–Crippen MR) is 108 cm³/mol. The third kappa shape index (κ3) is 5.97. The van der Waals surface area contributed by atoms with Crippen LogP contribution in [0.5, 0.6) is 11.5 Å². The molecule has 0 aromatic heterocycles. The van der Waals surface area contributed by atoms with Crippen molar-refractivity contribution >= 4 is 15.9 Å². The van der Waals surface area contributed by atoms with Gasteiger partial charge < -0.3 is 14.8 Å². The van der Waals surface area contributed by atoms with Crippen LogP contribution in [0.15, 0.2) is 42.5 Å². The summed E-state index contributed by atoms with van der Waals surface area (Å²) in [6.45, 7) is 3.73. The van der Waals surface area contributed by atoms with E-state index in [2.05, 4.69) is 10.0 Å². The van der Waals surface area contributed by atoms with Crippen molar-refractivity contribution in [2.24, 2.45) is 0 Å². The standard InChI is InChI=1S/C20H26N2O5S/c1-14(2)22-28(24,25)13-16-8-6-5-7-15(16)12-21-20(23)18-11-17(26-3)9-10-19(18)27-4/h5-11,14,22H,12-13H2,1-4H3,(H,21,23). The Morgan fingerprint density at radius 3 is 2.32 bits per heavy atom. The molecule has 28 heavy (non-hydrogen) atoms. The Balaban J connectivity index is 2.16. The topological polar surface area (TPSA) is 93.7 Å². The fourth-order valence-electron chi connectivity index (χ4n) is 2.74. The second kappa shape index (κ2) is 9.57. The molecular weight excluding hydrogens is 380 g/mol. The number of ether oxygens (including phenoxy) is 2. The van der Waals surface area contributed by atoms with Crippen LogP contribution in [0.3, 0.4) is 0 Å². The number of hydrogen-bond acceptors (Lipinski definition) is 5. The molecule has 0 aliphatic rings. The van der Waals surface area contributed by atoms with Gasteiger partial charge in [0.05, 0.1) is 25.5 Å². The lowest BCUT2D eigenvalue weighted by atomic mass is 10.1. The summed E-state index contributed by atoms with van der Waals surface area (Å²) in [5, 5.41) is 2.82. The third-order valence-electron chi connectivity index (χ3n) is 3.97. The van der Waals surface area contributed by atoms with Crippen LogP contribution in [0.25, 0.3) is 0 Å². The maximum atomic E-state index is 12.6. The molecule has 0 fully saturated rings. The minimum atomic E-state index is -3.47. The molecule has 0 aliphatic carbocycles. The molecular formula is C20H26N2O5S. The highest BCUT2D eigenvalue weighted by atomic mass is 32.2. The minimum Gasteiger partial charge on any atom is -0.497 e. The van der Waals surface area contributed by atoms with Crippen LogP contribution in [-0.4, -0.2) is 34.6 Å². The second-order valence-corrected chi connectivity index (χ2v) is 8.30. The minimum absolute atomic E-state index is 0.153. The van der Waals surface area contributed by atoms with Gasteiger partial charge in [-0.25, -0.2) is 13.1 Å². The number of benzene rings is 2. The van der Waals surface area contributed by atoms with Crippen molar-refractivity contribution < 1.29 is 22.7 Å². The average molecular weight is 407 g/mol. The van der Waals surface area contributed by atoms with Crippen LogP contribution < -0.4 is 19.5 Å². The Bertz CT molecular complexity index is 926. The van der Waals surface area contributed by atoms with Crippen molar-refractivity contribution in [3.05, 3.63) is 59.2 Å². The molecule has 0 atom stereocenters. The Hall–Kier alpha value is -2.58. The maximum absolute atomic E-state index is 12.6. The first-order chi connectivity index (χ1) is 13.3. The molecule has 0 radical (unpaired) electrons. The quantitative estimate of drug-likeness (QED) is 0.667. The van der Waals surface area contributed by atoms with E-state index in [0.717, 1.165) is 5.56 Å². The van der Waals surface area contributed by atoms with E-state index >= 15 is 0 Å². The summed E-state index contributed by atoms with van der Waals surface area (Å²) in [5.74, 6) is 0.473. The van der Waals surface area contributed by atoms with E-state index in [9.17, 15) is 13.2 Å². The van der Waals surface area contributed by atoms with Crippen molar-refractivity contribution in [3.8, 4) is 11.5 Å². The molecule has 2 rings (SSSR count). The molecule has 2 aromatic carbocycles. The lowest BCUT2D eigenvalue weighted by molar-refractivity contribution is 0.0947. The predicted octanol–water partition coefficient (Wildman–Crippen LogP) is 2.46. The van der Waals surface area contributed by atoms with E-state index in [4.69, 9.17) is 9.47 Å². The van der Waals surface area contributed by atoms with Gasteiger partial charge in [-0.3, -0.25) is 4.79 Å². The highest BCUT2D eigenvalue weighted by Gasteiger charge is 2.17. The first-order valence-corrected chi connectivity index (χ1v) is 10.5. The van der Waals surface area contributed by atoms with Crippen LogP contribution in [0.1, 0.15) is 35.3 Å². The van der Waals surface area contributed by atoms with Gasteiger partial charge in [0, 0.05) is 12.6 Å². The van der Waals surface area contributed by atoms with Gasteiger partial charge in [0.1, 0.15) is 11.5 Å². The monoisotopic (exact) mass is 406 g/mol. The van der Waals surface area contributed by atoms with Crippen LogP contribution in [0.4, 0.5) is 0 Å². The van der Waals surface area contributed by atoms with E-state index in [1.165, 1.54) is 14.2 Å². The molecule has 0 saturated heterocycles. The largest absolute Gasteiger partial charge is 0.497 e. The lowest BCUT2D eigenvalue weighted by Crippen LogP contribution is -2.32. The Kier molecular flexibility index (Phi) is 7.42. The molecule has 0 unspecified atom stereocenters. The Morgan fingerprint density at radius 2 is 1.71 bits per heavy atom. The van der Waals surface area contributed by atoms with Crippen molar-refractivity contribution in [1.82, 2.24) is 10.0 Å². The van der Waals surface area contributed by atoms with Gasteiger partial charge in [-0.2, -0.15) is 0 Å². The normalized spacial score (nSPS) is 11.3. The molecule has 2 N–H and O–H groups in total. The van der Waals surface area contributed by atoms with Gasteiger partial charge in [0.15, 0.2) is 0 Å². The summed E-state index contributed by atoms with van der Waals surface area (Å²) in [6.07, 6.45) is 0. The van der Waals surface area contributed by atoms with Gasteiger partial charge in [-0.15, -0.1) is 0 Å². The highest BCUT2D eigenvalue weighted by molar-refractivity contribution is 7.88. The molecule has 152 valence electrons. The highest BCUT2D eigenvalue weighted by Crippen LogP contribution is 2.24. The van der Waals surface area contributed by atoms with E-state index in [1.807, 2.05) is 0 Å². The van der Waals surface area contributed by atoms with Gasteiger partial charge >= 0.3 is 0 Å². The summed E-state index contributed by atoms with van der Waals surface area (Å²) >= 11 is 0. The number of carbonyl (C=O) groups is 1. The van der Waals surface area contributed by atoms with Gasteiger partial charge in [0.2, 0.25) is 10.0 Å². The summed E-state index contributed by atoms with van der Waals surface area (Å²) in [6, 6.07) is 11.9. The molecule has 0 spiro atoms. The number of carbonyl (C=O) groups excluding carboxylic acids is 1. The zero-order chi connectivity index (χ0) is 20.7. The Morgan fingerprint density at radius 1 is 1.04 bits per heavy atom. The molecule has 0 aliphatic heterocycles. The molecule has 0 bridgehead atoms. The van der Waals surface area contributed by atoms with E-state index < -0.39 is 10.0 Å². The molecule has 1 amide bonds. The van der Waals surface area contributed by atoms with Crippen LogP contribution in [-0.2, 0) is 22.3 Å². The second-order valence-electron chi connectivity index (χ2n) is 6.55. The van der Waals surface area contributed by atoms with Crippen LogP contribution in [0, 0.1) is 0 Å². The van der Waals surface area contributed by atoms with Gasteiger partial charge in [0.25, 0.3) is 5.91 Å². The number of nitrogens with one attached hydrogen (secondary N) is 2. The summed E-state index contributed by atoms with van der Waals surface area (Å²) < 4.78 is 37.5. The van der Waals surface area contributed by atoms with Gasteiger partial charge in [-0.05, 0) is 43.2 Å². The zero-order valence-electron chi connectivity index (χ0n) is 16.5. The van der Waals surface area contributed by atoms with Crippen molar-refractivity contribution in [1.29, 1.82) is 0 Å². The zero-order valence-corrected chi connectivity index (χ0v) is 17.3. The first-order valence-electron chi connectivity index (χ1n) is 8.82. The molecule has 0 saturated carbocycles. The summed E-state index contributed by atoms with van der Waals surface area (Å²) in [5.41, 5.74) is 1.70. The SMILES string of the molecule is COc1ccc(OC)c(C(=O)NCc2ccccc2CS(=O)(=O)NC(C)C)c1.